The normalized spacial score (nSPS) is 11.3. The van der Waals surface area contributed by atoms with Gasteiger partial charge in [-0.3, -0.25) is 0 Å². The molecule has 0 radical (unpaired) electrons. The summed E-state index contributed by atoms with van der Waals surface area (Å²) in [7, 11) is 1.94. The summed E-state index contributed by atoms with van der Waals surface area (Å²) < 4.78 is 4.04. The second-order valence-corrected chi connectivity index (χ2v) is 4.95. The van der Waals surface area contributed by atoms with Crippen LogP contribution in [0, 0.1) is 0 Å². The summed E-state index contributed by atoms with van der Waals surface area (Å²) in [6.45, 7) is 0.770. The van der Waals surface area contributed by atoms with Crippen LogP contribution < -0.4 is 0 Å². The third-order valence-corrected chi connectivity index (χ3v) is 3.45. The standard InChI is InChI=1S/C13H15ClN6/c1-19-9-16-18-12(19)5-8-20-11(4-6-14)17-10-3-2-7-15-13(10)20/h2-3,7,9H,4-6,8H2,1H3. The second-order valence-electron chi connectivity index (χ2n) is 4.57. The molecule has 0 aromatic carbocycles. The molecule has 0 unspecified atom stereocenters. The molecule has 0 spiro atoms. The number of alkyl halides is 1. The van der Waals surface area contributed by atoms with Crippen molar-refractivity contribution in [3.05, 3.63) is 36.3 Å². The number of hydrogen-bond acceptors (Lipinski definition) is 4. The number of halogens is 1. The molecule has 0 fully saturated rings. The zero-order valence-corrected chi connectivity index (χ0v) is 12.0. The minimum Gasteiger partial charge on any atom is -0.321 e. The van der Waals surface area contributed by atoms with E-state index >= 15 is 0 Å². The quantitative estimate of drug-likeness (QED) is 0.670. The molecule has 0 aliphatic carbocycles. The number of fused-ring (bicyclic) bond motifs is 1. The van der Waals surface area contributed by atoms with Gasteiger partial charge in [0.05, 0.1) is 0 Å². The van der Waals surface area contributed by atoms with Gasteiger partial charge in [-0.05, 0) is 12.1 Å². The van der Waals surface area contributed by atoms with E-state index in [-0.39, 0.29) is 0 Å². The summed E-state index contributed by atoms with van der Waals surface area (Å²) in [5.41, 5.74) is 1.81. The van der Waals surface area contributed by atoms with Crippen LogP contribution in [0.2, 0.25) is 0 Å². The van der Waals surface area contributed by atoms with Gasteiger partial charge in [0.25, 0.3) is 0 Å². The van der Waals surface area contributed by atoms with E-state index in [1.165, 1.54) is 0 Å². The summed E-state index contributed by atoms with van der Waals surface area (Å²) >= 11 is 5.86. The van der Waals surface area contributed by atoms with Crippen molar-refractivity contribution in [2.45, 2.75) is 19.4 Å². The Bertz CT molecular complexity index is 717. The molecule has 3 rings (SSSR count). The van der Waals surface area contributed by atoms with Crippen LogP contribution >= 0.6 is 11.6 Å². The fourth-order valence-electron chi connectivity index (χ4n) is 2.26. The molecule has 6 nitrogen and oxygen atoms in total. The Labute approximate surface area is 121 Å². The first-order valence-corrected chi connectivity index (χ1v) is 7.02. The van der Waals surface area contributed by atoms with Gasteiger partial charge >= 0.3 is 0 Å². The zero-order chi connectivity index (χ0) is 13.9. The number of pyridine rings is 1. The molecule has 3 aromatic heterocycles. The molecule has 7 heteroatoms. The number of nitrogens with zero attached hydrogens (tertiary/aromatic N) is 6. The molecular formula is C13H15ClN6. The minimum atomic E-state index is 0.549. The summed E-state index contributed by atoms with van der Waals surface area (Å²) in [6, 6.07) is 3.87. The molecule has 20 heavy (non-hydrogen) atoms. The molecule has 0 bridgehead atoms. The predicted octanol–water partition coefficient (Wildman–Crippen LogP) is 1.58. The van der Waals surface area contributed by atoms with Crippen LogP contribution in [0.15, 0.2) is 24.7 Å². The summed E-state index contributed by atoms with van der Waals surface area (Å²) in [5, 5.41) is 8.00. The van der Waals surface area contributed by atoms with Crippen molar-refractivity contribution in [1.82, 2.24) is 29.3 Å². The van der Waals surface area contributed by atoms with Crippen LogP contribution in [-0.2, 0) is 26.4 Å². The number of hydrogen-bond donors (Lipinski definition) is 0. The lowest BCUT2D eigenvalue weighted by Crippen LogP contribution is -2.10. The van der Waals surface area contributed by atoms with E-state index in [2.05, 4.69) is 24.7 Å². The lowest BCUT2D eigenvalue weighted by Gasteiger charge is -2.07. The van der Waals surface area contributed by atoms with Crippen LogP contribution in [0.1, 0.15) is 11.6 Å². The maximum atomic E-state index is 5.86. The first-order valence-electron chi connectivity index (χ1n) is 6.48. The first kappa shape index (κ1) is 13.1. The highest BCUT2D eigenvalue weighted by Gasteiger charge is 2.12. The van der Waals surface area contributed by atoms with Crippen LogP contribution in [0.25, 0.3) is 11.2 Å². The van der Waals surface area contributed by atoms with Crippen molar-refractivity contribution < 1.29 is 0 Å². The van der Waals surface area contributed by atoms with Crippen molar-refractivity contribution in [2.24, 2.45) is 7.05 Å². The van der Waals surface area contributed by atoms with Gasteiger partial charge in [-0.1, -0.05) is 0 Å². The Hall–Kier alpha value is -1.95. The van der Waals surface area contributed by atoms with Gasteiger partial charge in [0.15, 0.2) is 5.65 Å². The monoisotopic (exact) mass is 290 g/mol. The lowest BCUT2D eigenvalue weighted by molar-refractivity contribution is 0.633. The van der Waals surface area contributed by atoms with Crippen molar-refractivity contribution >= 4 is 22.8 Å². The summed E-state index contributed by atoms with van der Waals surface area (Å²) in [6.07, 6.45) is 5.01. The van der Waals surface area contributed by atoms with Crippen LogP contribution in [-0.4, -0.2) is 35.2 Å². The van der Waals surface area contributed by atoms with E-state index in [1.807, 2.05) is 23.7 Å². The van der Waals surface area contributed by atoms with Gasteiger partial charge in [-0.15, -0.1) is 21.8 Å². The highest BCUT2D eigenvalue weighted by molar-refractivity contribution is 6.17. The summed E-state index contributed by atoms with van der Waals surface area (Å²) in [5.74, 6) is 2.46. The van der Waals surface area contributed by atoms with Crippen molar-refractivity contribution in [3.63, 3.8) is 0 Å². The topological polar surface area (TPSA) is 61.4 Å². The van der Waals surface area contributed by atoms with Gasteiger partial charge in [-0.2, -0.15) is 0 Å². The molecule has 0 amide bonds. The van der Waals surface area contributed by atoms with E-state index in [4.69, 9.17) is 11.6 Å². The Balaban J connectivity index is 1.92. The maximum absolute atomic E-state index is 5.86. The zero-order valence-electron chi connectivity index (χ0n) is 11.2. The van der Waals surface area contributed by atoms with Crippen LogP contribution in [0.3, 0.4) is 0 Å². The molecule has 3 heterocycles. The predicted molar refractivity (Wildman–Crippen MR) is 76.7 cm³/mol. The smallest absolute Gasteiger partial charge is 0.159 e. The van der Waals surface area contributed by atoms with E-state index in [0.717, 1.165) is 42.2 Å². The number of aryl methyl sites for hydroxylation is 4. The van der Waals surface area contributed by atoms with Gasteiger partial charge in [-0.25, -0.2) is 9.97 Å². The average molecular weight is 291 g/mol. The van der Waals surface area contributed by atoms with Crippen molar-refractivity contribution in [1.29, 1.82) is 0 Å². The van der Waals surface area contributed by atoms with Gasteiger partial charge in [0.1, 0.15) is 23.5 Å². The van der Waals surface area contributed by atoms with Gasteiger partial charge in [0.2, 0.25) is 0 Å². The Morgan fingerprint density at radius 3 is 2.90 bits per heavy atom. The number of rotatable bonds is 5. The van der Waals surface area contributed by atoms with E-state index < -0.39 is 0 Å². The van der Waals surface area contributed by atoms with Crippen molar-refractivity contribution in [2.75, 3.05) is 5.88 Å². The Kier molecular flexibility index (Phi) is 3.64. The lowest BCUT2D eigenvalue weighted by atomic mass is 10.3. The third-order valence-electron chi connectivity index (χ3n) is 3.27. The van der Waals surface area contributed by atoms with Crippen molar-refractivity contribution in [3.8, 4) is 0 Å². The van der Waals surface area contributed by atoms with Crippen LogP contribution in [0.5, 0.6) is 0 Å². The van der Waals surface area contributed by atoms with E-state index in [1.54, 1.807) is 12.5 Å². The number of aromatic nitrogens is 6. The molecule has 0 saturated carbocycles. The molecule has 104 valence electrons. The second kappa shape index (κ2) is 5.58. The first-order chi connectivity index (χ1) is 9.79. The minimum absolute atomic E-state index is 0.549. The van der Waals surface area contributed by atoms with Gasteiger partial charge < -0.3 is 9.13 Å². The fraction of sp³-hybridized carbons (Fsp3) is 0.385. The number of imidazole rings is 1. The average Bonchev–Trinajstić information content (AvgIpc) is 3.01. The summed E-state index contributed by atoms with van der Waals surface area (Å²) in [4.78, 5) is 9.02. The Morgan fingerprint density at radius 1 is 1.25 bits per heavy atom. The highest BCUT2D eigenvalue weighted by Crippen LogP contribution is 2.15. The molecular weight excluding hydrogens is 276 g/mol. The SMILES string of the molecule is Cn1cnnc1CCn1c(CCCl)nc2cccnc21. The molecule has 0 saturated heterocycles. The van der Waals surface area contributed by atoms with Gasteiger partial charge in [0, 0.05) is 38.5 Å². The highest BCUT2D eigenvalue weighted by atomic mass is 35.5. The molecule has 0 N–H and O–H groups in total. The largest absolute Gasteiger partial charge is 0.321 e. The molecule has 0 atom stereocenters. The molecule has 3 aromatic rings. The fourth-order valence-corrected chi connectivity index (χ4v) is 2.43. The van der Waals surface area contributed by atoms with E-state index in [9.17, 15) is 0 Å². The maximum Gasteiger partial charge on any atom is 0.159 e. The molecule has 0 aliphatic rings. The van der Waals surface area contributed by atoms with Crippen LogP contribution in [0.4, 0.5) is 0 Å². The third kappa shape index (κ3) is 2.38. The van der Waals surface area contributed by atoms with E-state index in [0.29, 0.717) is 5.88 Å². The Morgan fingerprint density at radius 2 is 2.15 bits per heavy atom. The molecule has 0 aliphatic heterocycles.